The molecule has 2 aromatic rings. The van der Waals surface area contributed by atoms with Gasteiger partial charge in [0, 0.05) is 24.1 Å². The van der Waals surface area contributed by atoms with Crippen LogP contribution in [0.5, 0.6) is 17.2 Å². The molecule has 2 aromatic carbocycles. The summed E-state index contributed by atoms with van der Waals surface area (Å²) in [6.45, 7) is 0.899. The topological polar surface area (TPSA) is 77.1 Å². The lowest BCUT2D eigenvalue weighted by Gasteiger charge is -2.31. The molecule has 7 nitrogen and oxygen atoms in total. The maximum atomic E-state index is 12.7. The molecule has 1 heterocycles. The average molecular weight is 471 g/mol. The Hall–Kier alpha value is -2.87. The van der Waals surface area contributed by atoms with Crippen molar-refractivity contribution in [1.29, 1.82) is 0 Å². The van der Waals surface area contributed by atoms with Gasteiger partial charge in [0.05, 0.1) is 17.9 Å². The van der Waals surface area contributed by atoms with Crippen LogP contribution in [-0.2, 0) is 4.79 Å². The molecule has 0 atom stereocenters. The number of hydrogen-bond donors (Lipinski definition) is 1. The average Bonchev–Trinajstić information content (AvgIpc) is 3.33. The van der Waals surface area contributed by atoms with Crippen molar-refractivity contribution in [1.82, 2.24) is 10.2 Å². The van der Waals surface area contributed by atoms with Gasteiger partial charge < -0.3 is 24.4 Å². The second-order valence-electron chi connectivity index (χ2n) is 8.20. The molecule has 8 heteroatoms. The molecule has 2 aliphatic rings. The molecule has 0 radical (unpaired) electrons. The number of hydrogen-bond acceptors (Lipinski definition) is 6. The second kappa shape index (κ2) is 11.3. The number of thioether (sulfide) groups is 1. The summed E-state index contributed by atoms with van der Waals surface area (Å²) in [7, 11) is 1.90. The van der Waals surface area contributed by atoms with Gasteiger partial charge in [0.15, 0.2) is 11.5 Å². The lowest BCUT2D eigenvalue weighted by molar-refractivity contribution is -0.129. The Morgan fingerprint density at radius 2 is 1.88 bits per heavy atom. The number of nitrogens with one attached hydrogen (secondary N) is 1. The van der Waals surface area contributed by atoms with Crippen molar-refractivity contribution in [2.45, 2.75) is 43.0 Å². The molecule has 0 bridgehead atoms. The van der Waals surface area contributed by atoms with Crippen LogP contribution in [0.1, 0.15) is 42.5 Å². The van der Waals surface area contributed by atoms with Crippen LogP contribution >= 0.6 is 11.8 Å². The normalized spacial score (nSPS) is 15.2. The molecule has 4 rings (SSSR count). The molecule has 33 heavy (non-hydrogen) atoms. The lowest BCUT2D eigenvalue weighted by Crippen LogP contribution is -2.39. The van der Waals surface area contributed by atoms with Crippen molar-refractivity contribution < 1.29 is 23.8 Å². The van der Waals surface area contributed by atoms with Gasteiger partial charge >= 0.3 is 0 Å². The molecule has 0 spiro atoms. The van der Waals surface area contributed by atoms with E-state index >= 15 is 0 Å². The minimum absolute atomic E-state index is 0.110. The monoisotopic (exact) mass is 470 g/mol. The minimum Gasteiger partial charge on any atom is -0.492 e. The third-order valence-corrected chi connectivity index (χ3v) is 7.06. The summed E-state index contributed by atoms with van der Waals surface area (Å²) in [6, 6.07) is 13.1. The van der Waals surface area contributed by atoms with E-state index in [2.05, 4.69) is 5.32 Å². The van der Waals surface area contributed by atoms with E-state index in [0.717, 1.165) is 17.7 Å². The van der Waals surface area contributed by atoms with E-state index in [1.54, 1.807) is 18.2 Å². The summed E-state index contributed by atoms with van der Waals surface area (Å²) in [4.78, 5) is 28.1. The summed E-state index contributed by atoms with van der Waals surface area (Å²) < 4.78 is 16.3. The quantitative estimate of drug-likeness (QED) is 0.439. The van der Waals surface area contributed by atoms with Crippen LogP contribution in [0, 0.1) is 0 Å². The predicted molar refractivity (Wildman–Crippen MR) is 127 cm³/mol. The molecule has 0 aromatic heterocycles. The number of amides is 2. The van der Waals surface area contributed by atoms with Crippen LogP contribution in [0.4, 0.5) is 0 Å². The Bertz CT molecular complexity index is 977. The van der Waals surface area contributed by atoms with Gasteiger partial charge in [-0.2, -0.15) is 0 Å². The molecule has 1 aliphatic heterocycles. The van der Waals surface area contributed by atoms with Gasteiger partial charge in [-0.1, -0.05) is 31.4 Å². The molecule has 1 fully saturated rings. The maximum Gasteiger partial charge on any atom is 0.252 e. The molecule has 176 valence electrons. The van der Waals surface area contributed by atoms with Crippen LogP contribution in [0.15, 0.2) is 47.4 Å². The summed E-state index contributed by atoms with van der Waals surface area (Å²) in [5.74, 6) is 2.27. The van der Waals surface area contributed by atoms with Gasteiger partial charge in [0.1, 0.15) is 12.4 Å². The van der Waals surface area contributed by atoms with Gasteiger partial charge in [-0.05, 0) is 37.1 Å². The van der Waals surface area contributed by atoms with Crippen LogP contribution in [0.2, 0.25) is 0 Å². The third-order valence-electron chi connectivity index (χ3n) is 6.00. The number of carbonyl (C=O) groups excluding carboxylic acids is 2. The van der Waals surface area contributed by atoms with E-state index in [1.165, 1.54) is 31.0 Å². The number of benzene rings is 2. The van der Waals surface area contributed by atoms with Gasteiger partial charge in [-0.15, -0.1) is 11.8 Å². The Balaban J connectivity index is 1.24. The van der Waals surface area contributed by atoms with Crippen LogP contribution in [0.3, 0.4) is 0 Å². The van der Waals surface area contributed by atoms with Gasteiger partial charge in [-0.3, -0.25) is 9.59 Å². The minimum atomic E-state index is -0.180. The Morgan fingerprint density at radius 1 is 1.09 bits per heavy atom. The number of rotatable bonds is 9. The van der Waals surface area contributed by atoms with E-state index in [0.29, 0.717) is 47.8 Å². The van der Waals surface area contributed by atoms with Crippen LogP contribution < -0.4 is 19.5 Å². The first-order chi connectivity index (χ1) is 16.1. The number of ether oxygens (including phenoxy) is 3. The van der Waals surface area contributed by atoms with Crippen molar-refractivity contribution >= 4 is 23.6 Å². The first-order valence-corrected chi connectivity index (χ1v) is 12.4. The Morgan fingerprint density at radius 3 is 2.73 bits per heavy atom. The maximum absolute atomic E-state index is 12.7. The highest BCUT2D eigenvalue weighted by atomic mass is 32.2. The number of fused-ring (bicyclic) bond motifs is 1. The molecule has 0 unspecified atom stereocenters. The van der Waals surface area contributed by atoms with E-state index < -0.39 is 0 Å². The molecular formula is C25H30N2O5S. The molecular weight excluding hydrogens is 440 g/mol. The van der Waals surface area contributed by atoms with E-state index in [-0.39, 0.29) is 18.6 Å². The zero-order chi connectivity index (χ0) is 23.0. The van der Waals surface area contributed by atoms with Crippen molar-refractivity contribution in [2.24, 2.45) is 0 Å². The standard InChI is InChI=1S/C25H30N2O5S/c1-27(18-7-3-2-4-8-18)24(28)16-33-23-10-6-5-9-20(23)25(29)26-13-14-30-19-11-12-21-22(15-19)32-17-31-21/h5-6,9-12,15,18H,2-4,7-8,13-14,16-17H2,1H3,(H,26,29). The summed E-state index contributed by atoms with van der Waals surface area (Å²) >= 11 is 1.41. The summed E-state index contributed by atoms with van der Waals surface area (Å²) in [5.41, 5.74) is 0.568. The first-order valence-electron chi connectivity index (χ1n) is 11.4. The zero-order valence-corrected chi connectivity index (χ0v) is 19.7. The van der Waals surface area contributed by atoms with Crippen molar-refractivity contribution in [3.05, 3.63) is 48.0 Å². The Labute approximate surface area is 198 Å². The van der Waals surface area contributed by atoms with E-state index in [1.807, 2.05) is 36.2 Å². The molecule has 1 N–H and O–H groups in total. The Kier molecular flexibility index (Phi) is 7.99. The van der Waals surface area contributed by atoms with Crippen molar-refractivity contribution in [3.8, 4) is 17.2 Å². The largest absolute Gasteiger partial charge is 0.492 e. The SMILES string of the molecule is CN(C(=O)CSc1ccccc1C(=O)NCCOc1ccc2c(c1)OCO2)C1CCCCC1. The second-order valence-corrected chi connectivity index (χ2v) is 9.22. The van der Waals surface area contributed by atoms with Gasteiger partial charge in [0.2, 0.25) is 12.7 Å². The van der Waals surface area contributed by atoms with E-state index in [9.17, 15) is 9.59 Å². The van der Waals surface area contributed by atoms with E-state index in [4.69, 9.17) is 14.2 Å². The van der Waals surface area contributed by atoms with Crippen molar-refractivity contribution in [2.75, 3.05) is 32.7 Å². The summed E-state index contributed by atoms with van der Waals surface area (Å²) in [5, 5.41) is 2.90. The molecule has 1 aliphatic carbocycles. The molecule has 1 saturated carbocycles. The van der Waals surface area contributed by atoms with Crippen LogP contribution in [0.25, 0.3) is 0 Å². The number of carbonyl (C=O) groups is 2. The highest BCUT2D eigenvalue weighted by molar-refractivity contribution is 8.00. The first kappa shape index (κ1) is 23.3. The summed E-state index contributed by atoms with van der Waals surface area (Å²) in [6.07, 6.45) is 5.81. The smallest absolute Gasteiger partial charge is 0.252 e. The highest BCUT2D eigenvalue weighted by Crippen LogP contribution is 2.35. The molecule has 2 amide bonds. The molecule has 0 saturated heterocycles. The predicted octanol–water partition coefficient (Wildman–Crippen LogP) is 4.11. The van der Waals surface area contributed by atoms with Crippen molar-refractivity contribution in [3.63, 3.8) is 0 Å². The number of nitrogens with zero attached hydrogens (tertiary/aromatic N) is 1. The fourth-order valence-corrected chi connectivity index (χ4v) is 5.06. The zero-order valence-electron chi connectivity index (χ0n) is 18.9. The van der Waals surface area contributed by atoms with Gasteiger partial charge in [0.25, 0.3) is 5.91 Å². The fraction of sp³-hybridized carbons (Fsp3) is 0.440. The third kappa shape index (κ3) is 6.13. The fourth-order valence-electron chi connectivity index (χ4n) is 4.09. The lowest BCUT2D eigenvalue weighted by atomic mass is 9.94. The van der Waals surface area contributed by atoms with Crippen LogP contribution in [-0.4, -0.2) is 55.5 Å². The van der Waals surface area contributed by atoms with Gasteiger partial charge in [-0.25, -0.2) is 0 Å². The highest BCUT2D eigenvalue weighted by Gasteiger charge is 2.22.